The van der Waals surface area contributed by atoms with E-state index in [1.54, 1.807) is 0 Å². The average Bonchev–Trinajstić information content (AvgIpc) is 2.54. The molecule has 9 heteroatoms. The van der Waals surface area contributed by atoms with Gasteiger partial charge >= 0.3 is 18.4 Å². The largest absolute Gasteiger partial charge is 0.573 e. The van der Waals surface area contributed by atoms with Crippen LogP contribution in [0.3, 0.4) is 0 Å². The van der Waals surface area contributed by atoms with E-state index in [9.17, 15) is 22.8 Å². The van der Waals surface area contributed by atoms with Crippen LogP contribution < -0.4 is 10.1 Å². The maximum absolute atomic E-state index is 12.2. The Morgan fingerprint density at radius 3 is 2.50 bits per heavy atom. The highest BCUT2D eigenvalue weighted by molar-refractivity contribution is 5.76. The van der Waals surface area contributed by atoms with Gasteiger partial charge in [0.05, 0.1) is 5.92 Å². The van der Waals surface area contributed by atoms with Crippen molar-refractivity contribution >= 4 is 12.0 Å². The standard InChI is InChI=1S/C17H21F3N2O4/c1-11-8-13(15(23)24)10-22(9-11)16(25)21-7-6-12-2-4-14(5-3-12)26-17(18,19)20/h2-5,11,13H,6-10H2,1H3,(H,21,25)(H,23,24). The first-order chi connectivity index (χ1) is 12.1. The van der Waals surface area contributed by atoms with Crippen LogP contribution in [0.4, 0.5) is 18.0 Å². The molecule has 0 aromatic heterocycles. The third-order valence-corrected chi connectivity index (χ3v) is 4.14. The molecule has 1 fully saturated rings. The van der Waals surface area contributed by atoms with Gasteiger partial charge in [-0.2, -0.15) is 0 Å². The molecule has 0 spiro atoms. The molecule has 6 nitrogen and oxygen atoms in total. The normalized spacial score (nSPS) is 20.5. The number of carboxylic acids is 1. The second-order valence-corrected chi connectivity index (χ2v) is 6.45. The van der Waals surface area contributed by atoms with Crippen molar-refractivity contribution in [1.82, 2.24) is 10.2 Å². The number of ether oxygens (including phenoxy) is 1. The molecule has 1 aliphatic heterocycles. The summed E-state index contributed by atoms with van der Waals surface area (Å²) in [4.78, 5) is 24.8. The van der Waals surface area contributed by atoms with E-state index in [2.05, 4.69) is 10.1 Å². The smallest absolute Gasteiger partial charge is 0.481 e. The number of halogens is 3. The van der Waals surface area contributed by atoms with E-state index in [-0.39, 0.29) is 24.2 Å². The van der Waals surface area contributed by atoms with Crippen molar-refractivity contribution < 1.29 is 32.6 Å². The summed E-state index contributed by atoms with van der Waals surface area (Å²) in [6.45, 7) is 2.87. The predicted molar refractivity (Wildman–Crippen MR) is 86.7 cm³/mol. The molecular weight excluding hydrogens is 353 g/mol. The first-order valence-electron chi connectivity index (χ1n) is 8.24. The van der Waals surface area contributed by atoms with Crippen LogP contribution in [0.25, 0.3) is 0 Å². The molecule has 2 atom stereocenters. The Kier molecular flexibility index (Phi) is 6.33. The van der Waals surface area contributed by atoms with E-state index < -0.39 is 18.2 Å². The number of nitrogens with one attached hydrogen (secondary N) is 1. The average molecular weight is 374 g/mol. The zero-order valence-corrected chi connectivity index (χ0v) is 14.3. The van der Waals surface area contributed by atoms with E-state index in [1.165, 1.54) is 29.2 Å². The van der Waals surface area contributed by atoms with Crippen molar-refractivity contribution in [3.8, 4) is 5.75 Å². The molecule has 26 heavy (non-hydrogen) atoms. The fourth-order valence-electron chi connectivity index (χ4n) is 2.98. The number of benzene rings is 1. The van der Waals surface area contributed by atoms with Gasteiger partial charge in [0.15, 0.2) is 0 Å². The zero-order chi connectivity index (χ0) is 19.3. The van der Waals surface area contributed by atoms with Crippen LogP contribution in [-0.4, -0.2) is 48.0 Å². The van der Waals surface area contributed by atoms with Gasteiger partial charge in [-0.3, -0.25) is 4.79 Å². The summed E-state index contributed by atoms with van der Waals surface area (Å²) in [6.07, 6.45) is -3.75. The maximum atomic E-state index is 12.2. The minimum absolute atomic E-state index is 0.108. The maximum Gasteiger partial charge on any atom is 0.573 e. The van der Waals surface area contributed by atoms with Crippen molar-refractivity contribution in [3.63, 3.8) is 0 Å². The fraction of sp³-hybridized carbons (Fsp3) is 0.529. The second-order valence-electron chi connectivity index (χ2n) is 6.45. The molecule has 0 aliphatic carbocycles. The van der Waals surface area contributed by atoms with Crippen LogP contribution >= 0.6 is 0 Å². The first kappa shape index (κ1) is 19.9. The van der Waals surface area contributed by atoms with Crippen molar-refractivity contribution in [2.75, 3.05) is 19.6 Å². The molecule has 1 saturated heterocycles. The van der Waals surface area contributed by atoms with Gasteiger partial charge in [-0.25, -0.2) is 4.79 Å². The van der Waals surface area contributed by atoms with Crippen LogP contribution in [0.5, 0.6) is 5.75 Å². The van der Waals surface area contributed by atoms with Gasteiger partial charge in [0.25, 0.3) is 0 Å². The summed E-state index contributed by atoms with van der Waals surface area (Å²) in [5.41, 5.74) is 0.746. The number of carbonyl (C=O) groups excluding carboxylic acids is 1. The SMILES string of the molecule is CC1CC(C(=O)O)CN(C(=O)NCCc2ccc(OC(F)(F)F)cc2)C1. The van der Waals surface area contributed by atoms with Crippen molar-refractivity contribution in [2.45, 2.75) is 26.1 Å². The van der Waals surface area contributed by atoms with E-state index in [4.69, 9.17) is 5.11 Å². The number of nitrogens with zero attached hydrogens (tertiary/aromatic N) is 1. The summed E-state index contributed by atoms with van der Waals surface area (Å²) in [7, 11) is 0. The zero-order valence-electron chi connectivity index (χ0n) is 14.3. The molecule has 2 rings (SSSR count). The fourth-order valence-corrected chi connectivity index (χ4v) is 2.98. The molecule has 2 unspecified atom stereocenters. The highest BCUT2D eigenvalue weighted by atomic mass is 19.4. The number of alkyl halides is 3. The van der Waals surface area contributed by atoms with Gasteiger partial charge in [-0.05, 0) is 36.5 Å². The number of carboxylic acid groups (broad SMARTS) is 1. The number of hydrogen-bond donors (Lipinski definition) is 2. The van der Waals surface area contributed by atoms with Gasteiger partial charge in [-0.1, -0.05) is 19.1 Å². The highest BCUT2D eigenvalue weighted by Gasteiger charge is 2.32. The quantitative estimate of drug-likeness (QED) is 0.831. The topological polar surface area (TPSA) is 78.9 Å². The van der Waals surface area contributed by atoms with Gasteiger partial charge in [-0.15, -0.1) is 13.2 Å². The number of piperidine rings is 1. The van der Waals surface area contributed by atoms with E-state index in [0.717, 1.165) is 5.56 Å². The molecule has 1 aromatic rings. The van der Waals surface area contributed by atoms with Crippen LogP contribution in [-0.2, 0) is 11.2 Å². The molecule has 0 bridgehead atoms. The van der Waals surface area contributed by atoms with E-state index >= 15 is 0 Å². The highest BCUT2D eigenvalue weighted by Crippen LogP contribution is 2.23. The molecule has 2 amide bonds. The Morgan fingerprint density at radius 2 is 1.92 bits per heavy atom. The molecule has 0 radical (unpaired) electrons. The Morgan fingerprint density at radius 1 is 1.27 bits per heavy atom. The minimum Gasteiger partial charge on any atom is -0.481 e. The Labute approximate surface area is 148 Å². The number of carbonyl (C=O) groups is 2. The second kappa shape index (κ2) is 8.29. The summed E-state index contributed by atoms with van der Waals surface area (Å²) in [5.74, 6) is -1.66. The van der Waals surface area contributed by atoms with Crippen molar-refractivity contribution in [2.24, 2.45) is 11.8 Å². The molecule has 2 N–H and O–H groups in total. The van der Waals surface area contributed by atoms with Crippen molar-refractivity contribution in [3.05, 3.63) is 29.8 Å². The van der Waals surface area contributed by atoms with Gasteiger partial charge in [0.1, 0.15) is 5.75 Å². The number of urea groups is 1. The van der Waals surface area contributed by atoms with Crippen LogP contribution in [0, 0.1) is 11.8 Å². The Hall–Kier alpha value is -2.45. The predicted octanol–water partition coefficient (Wildman–Crippen LogP) is 2.88. The first-order valence-corrected chi connectivity index (χ1v) is 8.24. The van der Waals surface area contributed by atoms with Gasteiger partial charge in [0, 0.05) is 19.6 Å². The lowest BCUT2D eigenvalue weighted by atomic mass is 9.91. The number of hydrogen-bond acceptors (Lipinski definition) is 3. The number of rotatable bonds is 5. The van der Waals surface area contributed by atoms with E-state index in [1.807, 2.05) is 6.92 Å². The molecular formula is C17H21F3N2O4. The summed E-state index contributed by atoms with van der Waals surface area (Å²) in [5, 5.41) is 11.9. The monoisotopic (exact) mass is 374 g/mol. The number of amides is 2. The Balaban J connectivity index is 1.80. The lowest BCUT2D eigenvalue weighted by molar-refractivity contribution is -0.274. The van der Waals surface area contributed by atoms with Crippen LogP contribution in [0.2, 0.25) is 0 Å². The summed E-state index contributed by atoms with van der Waals surface area (Å²) < 4.78 is 40.1. The lowest BCUT2D eigenvalue weighted by Crippen LogP contribution is -2.49. The summed E-state index contributed by atoms with van der Waals surface area (Å²) >= 11 is 0. The lowest BCUT2D eigenvalue weighted by Gasteiger charge is -2.34. The Bertz CT molecular complexity index is 634. The molecule has 1 aliphatic rings. The summed E-state index contributed by atoms with van der Waals surface area (Å²) in [6, 6.07) is 5.09. The van der Waals surface area contributed by atoms with Crippen molar-refractivity contribution in [1.29, 1.82) is 0 Å². The van der Waals surface area contributed by atoms with Crippen LogP contribution in [0.15, 0.2) is 24.3 Å². The number of likely N-dealkylation sites (tertiary alicyclic amines) is 1. The van der Waals surface area contributed by atoms with E-state index in [0.29, 0.717) is 25.9 Å². The minimum atomic E-state index is -4.73. The molecule has 1 heterocycles. The third-order valence-electron chi connectivity index (χ3n) is 4.14. The third kappa shape index (κ3) is 6.12. The van der Waals surface area contributed by atoms with Gasteiger partial charge in [0.2, 0.25) is 0 Å². The van der Waals surface area contributed by atoms with Gasteiger partial charge < -0.3 is 20.1 Å². The molecule has 1 aromatic carbocycles. The number of aliphatic carboxylic acids is 1. The molecule has 0 saturated carbocycles. The molecule has 144 valence electrons. The van der Waals surface area contributed by atoms with Crippen LogP contribution in [0.1, 0.15) is 18.9 Å².